The molecule has 0 aliphatic carbocycles. The normalized spacial score (nSPS) is 13.6. The van der Waals surface area contributed by atoms with Gasteiger partial charge in [-0.3, -0.25) is 24.0 Å². The maximum absolute atomic E-state index is 14.1. The summed E-state index contributed by atoms with van der Waals surface area (Å²) in [4.78, 5) is 87.7. The highest BCUT2D eigenvalue weighted by Gasteiger charge is 2.27. The lowest BCUT2D eigenvalue weighted by molar-refractivity contribution is -0.124. The van der Waals surface area contributed by atoms with Gasteiger partial charge in [0.1, 0.15) is 12.3 Å². The number of carbonyl (C=O) groups excluding carboxylic acids is 6. The van der Waals surface area contributed by atoms with E-state index in [0.29, 0.717) is 85.2 Å². The van der Waals surface area contributed by atoms with Gasteiger partial charge in [0.05, 0.1) is 37.6 Å². The van der Waals surface area contributed by atoms with Gasteiger partial charge >= 0.3 is 6.09 Å². The maximum atomic E-state index is 14.1. The molecule has 1 aliphatic rings. The number of unbranched alkanes of at least 4 members (excludes halogenated alkanes) is 6. The number of para-hydroxylation sites is 1. The zero-order valence-electron chi connectivity index (χ0n) is 41.8. The van der Waals surface area contributed by atoms with E-state index in [2.05, 4.69) is 49.6 Å². The number of nitrogens with one attached hydrogen (secondary N) is 7. The first-order valence-electron chi connectivity index (χ1n) is 24.8. The molecule has 396 valence electrons. The van der Waals surface area contributed by atoms with Crippen LogP contribution in [-0.2, 0) is 63.9 Å². The first-order valence-corrected chi connectivity index (χ1v) is 28.6. The third-order valence-electron chi connectivity index (χ3n) is 11.7. The number of benzene rings is 4. The third-order valence-corrected chi connectivity index (χ3v) is 13.1. The fraction of sp³-hybridized carbons (Fsp3) is 0.396. The molecule has 4 aromatic rings. The topological polar surface area (TPSA) is 253 Å². The van der Waals surface area contributed by atoms with Crippen molar-refractivity contribution in [3.05, 3.63) is 125 Å². The first-order chi connectivity index (χ1) is 35.7. The highest BCUT2D eigenvalue weighted by Crippen LogP contribution is 2.38. The van der Waals surface area contributed by atoms with E-state index >= 15 is 0 Å². The Morgan fingerprint density at radius 3 is 1.86 bits per heavy atom. The fourth-order valence-corrected chi connectivity index (χ4v) is 8.77. The third kappa shape index (κ3) is 20.8. The summed E-state index contributed by atoms with van der Waals surface area (Å²) < 4.78 is 10.5. The van der Waals surface area contributed by atoms with Crippen molar-refractivity contribution in [1.29, 1.82) is 5.53 Å². The molecule has 18 nitrogen and oxygen atoms in total. The SMILES string of the molecule is CP(O)(=S)OCCCCCCNC(=O)OCc1ccc(NC(=O)CNC(=O)CCCCC(=O)N2Cc3ccccc3/C(N=N)=C(/NCCCCCC(=O)NCC(=O)Nc3ccc(CS)cc3)c3ccccc32)cc1. The lowest BCUT2D eigenvalue weighted by atomic mass is 9.95. The van der Waals surface area contributed by atoms with Gasteiger partial charge in [-0.2, -0.15) is 17.7 Å². The van der Waals surface area contributed by atoms with E-state index in [4.69, 9.17) is 26.6 Å². The number of anilines is 3. The summed E-state index contributed by atoms with van der Waals surface area (Å²) in [6, 6.07) is 29.2. The van der Waals surface area contributed by atoms with Crippen molar-refractivity contribution in [2.45, 2.75) is 96.0 Å². The first kappa shape index (κ1) is 58.4. The second-order valence-electron chi connectivity index (χ2n) is 17.7. The van der Waals surface area contributed by atoms with Gasteiger partial charge < -0.3 is 51.0 Å². The Labute approximate surface area is 443 Å². The second-order valence-corrected chi connectivity index (χ2v) is 21.9. The van der Waals surface area contributed by atoms with E-state index in [1.807, 2.05) is 60.7 Å². The molecule has 8 N–H and O–H groups in total. The van der Waals surface area contributed by atoms with Crippen LogP contribution in [0.3, 0.4) is 0 Å². The molecule has 0 fully saturated rings. The van der Waals surface area contributed by atoms with Gasteiger partial charge in [0.15, 0.2) is 6.49 Å². The zero-order valence-corrected chi connectivity index (χ0v) is 44.4. The molecule has 21 heteroatoms. The quantitative estimate of drug-likeness (QED) is 0.0103. The van der Waals surface area contributed by atoms with Crippen LogP contribution in [-0.4, -0.2) is 80.0 Å². The molecule has 1 unspecified atom stereocenters. The van der Waals surface area contributed by atoms with Crippen molar-refractivity contribution >= 4 is 95.0 Å². The summed E-state index contributed by atoms with van der Waals surface area (Å²) >= 11 is 9.09. The highest BCUT2D eigenvalue weighted by atomic mass is 32.5. The van der Waals surface area contributed by atoms with Crippen molar-refractivity contribution in [3.63, 3.8) is 0 Å². The minimum atomic E-state index is -2.62. The Bertz CT molecular complexity index is 2610. The van der Waals surface area contributed by atoms with Crippen molar-refractivity contribution in [3.8, 4) is 0 Å². The summed E-state index contributed by atoms with van der Waals surface area (Å²) in [6.45, 7) is 0.241. The standard InChI is InChI=1S/C53H68N9O9PS2/c1-72(69,74)71-32-14-3-2-12-31-56-53(68)70-36-38-22-26-41(27-23-38)59-48(65)34-58-47(64)20-10-11-21-50(67)62-35-40-15-6-7-16-43(40)52(61-54)51(44-17-8-9-18-45(44)62)55-30-13-4-5-19-46(63)57-33-49(66)60-42-28-24-39(37-73)25-29-42/h6-9,15-18,22-29,54-55,73H,2-5,10-14,19-21,30-37H2,1H3,(H,56,68)(H,57,63)(H,58,64)(H,59,65)(H,60,66)(H,69,74)/b52-51-,61-54?. The lowest BCUT2D eigenvalue weighted by Gasteiger charge is -2.30. The molecule has 1 atom stereocenters. The van der Waals surface area contributed by atoms with Gasteiger partial charge in [0.2, 0.25) is 29.5 Å². The monoisotopic (exact) mass is 1070 g/mol. The smallest absolute Gasteiger partial charge is 0.407 e. The predicted molar refractivity (Wildman–Crippen MR) is 295 cm³/mol. The van der Waals surface area contributed by atoms with E-state index in [9.17, 15) is 33.7 Å². The van der Waals surface area contributed by atoms with Crippen LogP contribution in [0.1, 0.15) is 105 Å². The molecule has 6 amide bonds. The Kier molecular flexibility index (Phi) is 24.7. The van der Waals surface area contributed by atoms with Gasteiger partial charge in [-0.05, 0) is 97.4 Å². The second kappa shape index (κ2) is 31.3. The lowest BCUT2D eigenvalue weighted by Crippen LogP contribution is -2.33. The van der Waals surface area contributed by atoms with Crippen molar-refractivity contribution < 1.29 is 42.9 Å². The van der Waals surface area contributed by atoms with Crippen molar-refractivity contribution in [2.75, 3.05) is 55.0 Å². The van der Waals surface area contributed by atoms with E-state index in [-0.39, 0.29) is 69.1 Å². The maximum Gasteiger partial charge on any atom is 0.407 e. The van der Waals surface area contributed by atoms with Crippen molar-refractivity contribution in [2.24, 2.45) is 5.11 Å². The number of ether oxygens (including phenoxy) is 1. The minimum Gasteiger partial charge on any atom is -0.445 e. The zero-order chi connectivity index (χ0) is 53.1. The summed E-state index contributed by atoms with van der Waals surface area (Å²) in [6.07, 6.45) is 6.25. The Balaban J connectivity index is 1.01. The van der Waals surface area contributed by atoms with Crippen molar-refractivity contribution in [1.82, 2.24) is 21.3 Å². The summed E-state index contributed by atoms with van der Waals surface area (Å²) in [5.41, 5.74) is 15.1. The van der Waals surface area contributed by atoms with Gasteiger partial charge in [0, 0.05) is 67.3 Å². The summed E-state index contributed by atoms with van der Waals surface area (Å²) in [5, 5.41) is 21.1. The molecule has 0 aromatic heterocycles. The number of alkyl carbamates (subject to hydrolysis) is 1. The molecule has 74 heavy (non-hydrogen) atoms. The number of carbonyl (C=O) groups is 6. The number of rotatable bonds is 30. The molecule has 0 saturated heterocycles. The average Bonchev–Trinajstić information content (AvgIpc) is 3.38. The number of thiol groups is 1. The Morgan fingerprint density at radius 1 is 0.676 bits per heavy atom. The largest absolute Gasteiger partial charge is 0.445 e. The molecular weight excluding hydrogens is 1000 g/mol. The van der Waals surface area contributed by atoms with Gasteiger partial charge in [-0.15, -0.1) is 0 Å². The number of hydrogen-bond acceptors (Lipinski definition) is 13. The molecule has 4 aromatic carbocycles. The predicted octanol–water partition coefficient (Wildman–Crippen LogP) is 8.77. The fourth-order valence-electron chi connectivity index (χ4n) is 7.87. The van der Waals surface area contributed by atoms with Crippen LogP contribution in [0.4, 0.5) is 21.9 Å². The number of hydrogen-bond donors (Lipinski definition) is 9. The van der Waals surface area contributed by atoms with E-state index in [1.165, 1.54) is 6.66 Å². The molecule has 0 spiro atoms. The Morgan fingerprint density at radius 2 is 1.23 bits per heavy atom. The summed E-state index contributed by atoms with van der Waals surface area (Å²) in [5.74, 6) is -0.792. The van der Waals surface area contributed by atoms with E-state index in [1.54, 1.807) is 41.3 Å². The van der Waals surface area contributed by atoms with Crippen LogP contribution in [0.15, 0.2) is 102 Å². The Hall–Kier alpha value is -6.44. The highest BCUT2D eigenvalue weighted by molar-refractivity contribution is 8.09. The van der Waals surface area contributed by atoms with Crippen LogP contribution in [0, 0.1) is 5.53 Å². The van der Waals surface area contributed by atoms with E-state index < -0.39 is 18.5 Å². The molecule has 0 bridgehead atoms. The molecule has 1 aliphatic heterocycles. The van der Waals surface area contributed by atoms with Crippen LogP contribution in [0.25, 0.3) is 11.4 Å². The van der Waals surface area contributed by atoms with Crippen LogP contribution < -0.4 is 36.8 Å². The molecule has 0 saturated carbocycles. The van der Waals surface area contributed by atoms with Gasteiger partial charge in [-0.25, -0.2) is 10.3 Å². The molecule has 0 radical (unpaired) electrons. The van der Waals surface area contributed by atoms with E-state index in [0.717, 1.165) is 54.4 Å². The average molecular weight is 1070 g/mol. The van der Waals surface area contributed by atoms with Crippen LogP contribution in [0.2, 0.25) is 0 Å². The molecule has 5 rings (SSSR count). The molecule has 1 heterocycles. The number of amides is 6. The number of nitrogens with zero attached hydrogens (tertiary/aromatic N) is 2. The van der Waals surface area contributed by atoms with Crippen LogP contribution >= 0.6 is 19.1 Å². The van der Waals surface area contributed by atoms with Gasteiger partial charge in [0.25, 0.3) is 0 Å². The van der Waals surface area contributed by atoms with Gasteiger partial charge in [-0.1, -0.05) is 86.0 Å². The molecular formula is C53H68N9O9PS2. The minimum absolute atomic E-state index is 0.0516. The summed E-state index contributed by atoms with van der Waals surface area (Å²) in [7, 11) is 0. The number of fused-ring (bicyclic) bond motifs is 2. The van der Waals surface area contributed by atoms with Crippen LogP contribution in [0.5, 0.6) is 0 Å².